The van der Waals surface area contributed by atoms with E-state index < -0.39 is 4.92 Å². The number of nitro groups is 1. The molecule has 0 aliphatic rings. The van der Waals surface area contributed by atoms with Crippen molar-refractivity contribution in [3.8, 4) is 11.3 Å². The Labute approximate surface area is 90.5 Å². The predicted octanol–water partition coefficient (Wildman–Crippen LogP) is 1.95. The van der Waals surface area contributed by atoms with Crippen LogP contribution in [0.4, 0.5) is 5.69 Å². The number of hydrogen-bond acceptors (Lipinski definition) is 3. The Morgan fingerprint density at radius 1 is 1.19 bits per heavy atom. The van der Waals surface area contributed by atoms with Gasteiger partial charge < -0.3 is 4.98 Å². The van der Waals surface area contributed by atoms with Gasteiger partial charge in [0.2, 0.25) is 0 Å². The number of H-pyrrole nitrogens is 1. The molecule has 0 saturated heterocycles. The van der Waals surface area contributed by atoms with Crippen LogP contribution in [0, 0.1) is 10.1 Å². The number of nitrogens with zero attached hydrogens (tertiary/aromatic N) is 1. The summed E-state index contributed by atoms with van der Waals surface area (Å²) in [6.07, 6.45) is 1.51. The molecule has 0 aliphatic carbocycles. The fourth-order valence-corrected chi connectivity index (χ4v) is 1.40. The van der Waals surface area contributed by atoms with Crippen molar-refractivity contribution in [2.24, 2.45) is 0 Å². The van der Waals surface area contributed by atoms with Gasteiger partial charge in [0.15, 0.2) is 5.43 Å². The second kappa shape index (κ2) is 3.98. The number of nitro benzene ring substituents is 1. The SMILES string of the molecule is O=c1cc[nH]c(-c2cccc([N+](=O)[O-])c2)c1. The zero-order valence-corrected chi connectivity index (χ0v) is 8.21. The topological polar surface area (TPSA) is 76.0 Å². The van der Waals surface area contributed by atoms with E-state index in [-0.39, 0.29) is 11.1 Å². The molecule has 2 rings (SSSR count). The average Bonchev–Trinajstić information content (AvgIpc) is 2.29. The van der Waals surface area contributed by atoms with Gasteiger partial charge in [0.1, 0.15) is 0 Å². The molecule has 0 aliphatic heterocycles. The van der Waals surface area contributed by atoms with Gasteiger partial charge in [0, 0.05) is 41.7 Å². The first kappa shape index (κ1) is 10.1. The van der Waals surface area contributed by atoms with Gasteiger partial charge in [-0.05, 0) is 0 Å². The first-order valence-corrected chi connectivity index (χ1v) is 4.60. The number of nitrogens with one attached hydrogen (secondary N) is 1. The summed E-state index contributed by atoms with van der Waals surface area (Å²) in [6, 6.07) is 8.91. The molecule has 0 spiro atoms. The maximum absolute atomic E-state index is 11.1. The zero-order chi connectivity index (χ0) is 11.5. The van der Waals surface area contributed by atoms with Crippen LogP contribution >= 0.6 is 0 Å². The van der Waals surface area contributed by atoms with Crippen LogP contribution in [-0.4, -0.2) is 9.91 Å². The molecule has 2 aromatic rings. The highest BCUT2D eigenvalue weighted by molar-refractivity contribution is 5.62. The number of non-ortho nitro benzene ring substituents is 1. The molecule has 0 fully saturated rings. The lowest BCUT2D eigenvalue weighted by molar-refractivity contribution is -0.384. The lowest BCUT2D eigenvalue weighted by Crippen LogP contribution is -1.98. The van der Waals surface area contributed by atoms with E-state index in [0.717, 1.165) is 0 Å². The number of pyridine rings is 1. The molecule has 0 amide bonds. The second-order valence-corrected chi connectivity index (χ2v) is 3.25. The normalized spacial score (nSPS) is 10.0. The van der Waals surface area contributed by atoms with Gasteiger partial charge in [0.05, 0.1) is 4.92 Å². The summed E-state index contributed by atoms with van der Waals surface area (Å²) < 4.78 is 0. The largest absolute Gasteiger partial charge is 0.361 e. The monoisotopic (exact) mass is 216 g/mol. The molecule has 5 nitrogen and oxygen atoms in total. The van der Waals surface area contributed by atoms with Crippen LogP contribution in [0.3, 0.4) is 0 Å². The Morgan fingerprint density at radius 2 is 2.00 bits per heavy atom. The minimum Gasteiger partial charge on any atom is -0.361 e. The molecular weight excluding hydrogens is 208 g/mol. The fourth-order valence-electron chi connectivity index (χ4n) is 1.40. The molecule has 0 unspecified atom stereocenters. The summed E-state index contributed by atoms with van der Waals surface area (Å²) in [6.45, 7) is 0. The van der Waals surface area contributed by atoms with Gasteiger partial charge >= 0.3 is 0 Å². The van der Waals surface area contributed by atoms with E-state index in [1.807, 2.05) is 0 Å². The highest BCUT2D eigenvalue weighted by Gasteiger charge is 2.07. The van der Waals surface area contributed by atoms with Gasteiger partial charge in [0.25, 0.3) is 5.69 Å². The van der Waals surface area contributed by atoms with Gasteiger partial charge in [-0.15, -0.1) is 0 Å². The smallest absolute Gasteiger partial charge is 0.270 e. The van der Waals surface area contributed by atoms with Crippen LogP contribution < -0.4 is 5.43 Å². The van der Waals surface area contributed by atoms with Crippen LogP contribution in [0.1, 0.15) is 0 Å². The maximum Gasteiger partial charge on any atom is 0.270 e. The lowest BCUT2D eigenvalue weighted by Gasteiger charge is -2.00. The van der Waals surface area contributed by atoms with Crippen LogP contribution in [0.15, 0.2) is 47.4 Å². The Kier molecular flexibility index (Phi) is 2.51. The van der Waals surface area contributed by atoms with Crippen LogP contribution in [0.25, 0.3) is 11.3 Å². The number of aromatic nitrogens is 1. The third-order valence-electron chi connectivity index (χ3n) is 2.14. The minimum absolute atomic E-state index is 0.00204. The van der Waals surface area contributed by atoms with Crippen molar-refractivity contribution < 1.29 is 4.92 Å². The summed E-state index contributed by atoms with van der Waals surface area (Å²) in [5.74, 6) is 0. The molecule has 0 saturated carbocycles. The van der Waals surface area contributed by atoms with Crippen molar-refractivity contribution in [2.75, 3.05) is 0 Å². The highest BCUT2D eigenvalue weighted by atomic mass is 16.6. The molecule has 1 N–H and O–H groups in total. The summed E-state index contributed by atoms with van der Waals surface area (Å²) in [4.78, 5) is 24.1. The van der Waals surface area contributed by atoms with Crippen molar-refractivity contribution in [1.82, 2.24) is 4.98 Å². The lowest BCUT2D eigenvalue weighted by atomic mass is 10.1. The van der Waals surface area contributed by atoms with Gasteiger partial charge in [-0.25, -0.2) is 0 Å². The Morgan fingerprint density at radius 3 is 2.69 bits per heavy atom. The van der Waals surface area contributed by atoms with Gasteiger partial charge in [-0.1, -0.05) is 12.1 Å². The van der Waals surface area contributed by atoms with E-state index in [1.54, 1.807) is 12.1 Å². The molecule has 1 aromatic carbocycles. The third-order valence-corrected chi connectivity index (χ3v) is 2.14. The van der Waals surface area contributed by atoms with Crippen molar-refractivity contribution in [3.05, 3.63) is 62.9 Å². The molecule has 0 atom stereocenters. The molecule has 0 bridgehead atoms. The standard InChI is InChI=1S/C11H8N2O3/c14-10-4-5-12-11(7-10)8-2-1-3-9(6-8)13(15)16/h1-7H,(H,12,14). The molecule has 0 radical (unpaired) electrons. The van der Waals surface area contributed by atoms with E-state index in [2.05, 4.69) is 4.98 Å². The first-order valence-electron chi connectivity index (χ1n) is 4.60. The highest BCUT2D eigenvalue weighted by Crippen LogP contribution is 2.20. The van der Waals surface area contributed by atoms with Crippen molar-refractivity contribution in [3.63, 3.8) is 0 Å². The summed E-state index contributed by atoms with van der Waals surface area (Å²) in [7, 11) is 0. The Hall–Kier alpha value is -2.43. The van der Waals surface area contributed by atoms with Crippen LogP contribution in [-0.2, 0) is 0 Å². The molecule has 1 aromatic heterocycles. The predicted molar refractivity (Wildman–Crippen MR) is 59.2 cm³/mol. The molecule has 16 heavy (non-hydrogen) atoms. The number of aromatic amines is 1. The quantitative estimate of drug-likeness (QED) is 0.615. The van der Waals surface area contributed by atoms with E-state index in [0.29, 0.717) is 11.3 Å². The zero-order valence-electron chi connectivity index (χ0n) is 8.21. The van der Waals surface area contributed by atoms with Crippen molar-refractivity contribution in [2.45, 2.75) is 0 Å². The molecule has 1 heterocycles. The Bertz CT molecular complexity index is 590. The number of hydrogen-bond donors (Lipinski definition) is 1. The van der Waals surface area contributed by atoms with Crippen LogP contribution in [0.2, 0.25) is 0 Å². The van der Waals surface area contributed by atoms with Gasteiger partial charge in [-0.3, -0.25) is 14.9 Å². The molecule has 80 valence electrons. The van der Waals surface area contributed by atoms with E-state index >= 15 is 0 Å². The number of rotatable bonds is 2. The van der Waals surface area contributed by atoms with Crippen molar-refractivity contribution >= 4 is 5.69 Å². The first-order chi connectivity index (χ1) is 7.66. The Balaban J connectivity index is 2.52. The van der Waals surface area contributed by atoms with E-state index in [4.69, 9.17) is 0 Å². The van der Waals surface area contributed by atoms with E-state index in [1.165, 1.54) is 30.5 Å². The third kappa shape index (κ3) is 1.98. The second-order valence-electron chi connectivity index (χ2n) is 3.25. The summed E-state index contributed by atoms with van der Waals surface area (Å²) in [5, 5.41) is 10.6. The molecule has 5 heteroatoms. The fraction of sp³-hybridized carbons (Fsp3) is 0. The van der Waals surface area contributed by atoms with E-state index in [9.17, 15) is 14.9 Å². The number of benzene rings is 1. The molecular formula is C11H8N2O3. The van der Waals surface area contributed by atoms with Crippen LogP contribution in [0.5, 0.6) is 0 Å². The van der Waals surface area contributed by atoms with Crippen molar-refractivity contribution in [1.29, 1.82) is 0 Å². The summed E-state index contributed by atoms with van der Waals surface area (Å²) in [5.41, 5.74) is 1.05. The summed E-state index contributed by atoms with van der Waals surface area (Å²) >= 11 is 0. The van der Waals surface area contributed by atoms with Gasteiger partial charge in [-0.2, -0.15) is 0 Å². The minimum atomic E-state index is -0.468. The maximum atomic E-state index is 11.1. The average molecular weight is 216 g/mol.